The van der Waals surface area contributed by atoms with Crippen LogP contribution >= 0.6 is 0 Å². The molecule has 2 aliphatic heterocycles. The highest BCUT2D eigenvalue weighted by Crippen LogP contribution is 2.12. The van der Waals surface area contributed by atoms with Crippen molar-refractivity contribution in [2.75, 3.05) is 45.9 Å². The average molecular weight is 345 g/mol. The SMILES string of the molecule is O=C(CCc1ccccc1)N[C@H]1CC(=O)N(CCN2CCOCC2)C1. The van der Waals surface area contributed by atoms with E-state index in [1.54, 1.807) is 0 Å². The quantitative estimate of drug-likeness (QED) is 0.789. The molecule has 0 aliphatic carbocycles. The molecular weight excluding hydrogens is 318 g/mol. The Morgan fingerprint density at radius 3 is 2.68 bits per heavy atom. The Balaban J connectivity index is 1.37. The average Bonchev–Trinajstić information content (AvgIpc) is 2.99. The molecule has 1 N–H and O–H groups in total. The van der Waals surface area contributed by atoms with Crippen molar-refractivity contribution < 1.29 is 14.3 Å². The van der Waals surface area contributed by atoms with Crippen molar-refractivity contribution in [3.8, 4) is 0 Å². The van der Waals surface area contributed by atoms with Crippen LogP contribution in [0.15, 0.2) is 30.3 Å². The first-order valence-electron chi connectivity index (χ1n) is 9.12. The van der Waals surface area contributed by atoms with Gasteiger partial charge in [0.05, 0.1) is 19.3 Å². The van der Waals surface area contributed by atoms with E-state index in [1.165, 1.54) is 0 Å². The van der Waals surface area contributed by atoms with E-state index in [0.717, 1.165) is 51.4 Å². The number of carbonyl (C=O) groups is 2. The Kier molecular flexibility index (Phi) is 6.42. The van der Waals surface area contributed by atoms with Crippen molar-refractivity contribution in [2.45, 2.75) is 25.3 Å². The van der Waals surface area contributed by atoms with Gasteiger partial charge in [-0.25, -0.2) is 0 Å². The molecule has 2 aliphatic rings. The summed E-state index contributed by atoms with van der Waals surface area (Å²) in [6.07, 6.45) is 1.61. The summed E-state index contributed by atoms with van der Waals surface area (Å²) in [4.78, 5) is 28.5. The second-order valence-electron chi connectivity index (χ2n) is 6.75. The maximum atomic E-state index is 12.1. The minimum atomic E-state index is -0.0551. The first-order chi connectivity index (χ1) is 12.2. The predicted octanol–water partition coefficient (Wildman–Crippen LogP) is 0.669. The topological polar surface area (TPSA) is 61.9 Å². The van der Waals surface area contributed by atoms with Gasteiger partial charge in [-0.3, -0.25) is 14.5 Å². The van der Waals surface area contributed by atoms with Crippen LogP contribution in [0.4, 0.5) is 0 Å². The first-order valence-corrected chi connectivity index (χ1v) is 9.12. The Morgan fingerprint density at radius 1 is 1.16 bits per heavy atom. The van der Waals surface area contributed by atoms with Gasteiger partial charge < -0.3 is 15.0 Å². The van der Waals surface area contributed by atoms with E-state index in [2.05, 4.69) is 10.2 Å². The number of amides is 2. The number of hydrogen-bond donors (Lipinski definition) is 1. The molecule has 3 rings (SSSR count). The molecule has 0 unspecified atom stereocenters. The molecule has 0 radical (unpaired) electrons. The highest BCUT2D eigenvalue weighted by molar-refractivity contribution is 5.82. The molecule has 0 saturated carbocycles. The van der Waals surface area contributed by atoms with Crippen LogP contribution in [-0.2, 0) is 20.7 Å². The summed E-state index contributed by atoms with van der Waals surface area (Å²) in [7, 11) is 0. The van der Waals surface area contributed by atoms with Crippen LogP contribution in [0.3, 0.4) is 0 Å². The minimum absolute atomic E-state index is 0.0247. The van der Waals surface area contributed by atoms with Gasteiger partial charge in [0.2, 0.25) is 11.8 Å². The molecule has 6 nitrogen and oxygen atoms in total. The van der Waals surface area contributed by atoms with Gasteiger partial charge in [0.25, 0.3) is 0 Å². The van der Waals surface area contributed by atoms with Gasteiger partial charge in [0.15, 0.2) is 0 Å². The summed E-state index contributed by atoms with van der Waals surface area (Å²) in [5.74, 6) is 0.165. The first kappa shape index (κ1) is 17.9. The molecule has 1 atom stereocenters. The molecule has 2 saturated heterocycles. The fraction of sp³-hybridized carbons (Fsp3) is 0.579. The summed E-state index contributed by atoms with van der Waals surface area (Å²) in [5.41, 5.74) is 1.16. The fourth-order valence-corrected chi connectivity index (χ4v) is 3.37. The van der Waals surface area contributed by atoms with Crippen LogP contribution < -0.4 is 5.32 Å². The molecule has 1 aromatic carbocycles. The highest BCUT2D eigenvalue weighted by atomic mass is 16.5. The second-order valence-corrected chi connectivity index (χ2v) is 6.75. The second kappa shape index (κ2) is 8.97. The van der Waals surface area contributed by atoms with Crippen LogP contribution in [0, 0.1) is 0 Å². The largest absolute Gasteiger partial charge is 0.379 e. The molecule has 25 heavy (non-hydrogen) atoms. The number of nitrogens with zero attached hydrogens (tertiary/aromatic N) is 2. The van der Waals surface area contributed by atoms with E-state index in [9.17, 15) is 9.59 Å². The summed E-state index contributed by atoms with van der Waals surface area (Å²) < 4.78 is 5.34. The van der Waals surface area contributed by atoms with E-state index >= 15 is 0 Å². The minimum Gasteiger partial charge on any atom is -0.379 e. The van der Waals surface area contributed by atoms with Gasteiger partial charge in [-0.05, 0) is 12.0 Å². The summed E-state index contributed by atoms with van der Waals surface area (Å²) in [5, 5.41) is 3.01. The number of hydrogen-bond acceptors (Lipinski definition) is 4. The third kappa shape index (κ3) is 5.54. The van der Waals surface area contributed by atoms with E-state index in [1.807, 2.05) is 35.2 Å². The molecule has 2 fully saturated rings. The number of morpholine rings is 1. The van der Waals surface area contributed by atoms with E-state index < -0.39 is 0 Å². The smallest absolute Gasteiger partial charge is 0.224 e. The lowest BCUT2D eigenvalue weighted by Gasteiger charge is -2.28. The van der Waals surface area contributed by atoms with Crippen molar-refractivity contribution >= 4 is 11.8 Å². The normalized spacial score (nSPS) is 21.5. The molecule has 136 valence electrons. The number of aryl methyl sites for hydroxylation is 1. The van der Waals surface area contributed by atoms with Crippen LogP contribution in [0.2, 0.25) is 0 Å². The number of nitrogens with one attached hydrogen (secondary N) is 1. The van der Waals surface area contributed by atoms with E-state index in [-0.39, 0.29) is 17.9 Å². The lowest BCUT2D eigenvalue weighted by molar-refractivity contribution is -0.128. The summed E-state index contributed by atoms with van der Waals surface area (Å²) >= 11 is 0. The van der Waals surface area contributed by atoms with Crippen molar-refractivity contribution in [3.05, 3.63) is 35.9 Å². The zero-order valence-electron chi connectivity index (χ0n) is 14.7. The molecule has 2 heterocycles. The van der Waals surface area contributed by atoms with Crippen LogP contribution in [0.25, 0.3) is 0 Å². The maximum absolute atomic E-state index is 12.1. The van der Waals surface area contributed by atoms with Gasteiger partial charge in [-0.1, -0.05) is 30.3 Å². The van der Waals surface area contributed by atoms with E-state index in [0.29, 0.717) is 19.4 Å². The van der Waals surface area contributed by atoms with Gasteiger partial charge in [-0.15, -0.1) is 0 Å². The third-order valence-corrected chi connectivity index (χ3v) is 4.85. The zero-order chi connectivity index (χ0) is 17.5. The predicted molar refractivity (Wildman–Crippen MR) is 95.1 cm³/mol. The number of likely N-dealkylation sites (tertiary alicyclic amines) is 1. The Morgan fingerprint density at radius 2 is 1.92 bits per heavy atom. The highest BCUT2D eigenvalue weighted by Gasteiger charge is 2.30. The zero-order valence-corrected chi connectivity index (χ0v) is 14.7. The molecule has 6 heteroatoms. The number of benzene rings is 1. The Bertz CT molecular complexity index is 573. The summed E-state index contributed by atoms with van der Waals surface area (Å²) in [6, 6.07) is 9.93. The lowest BCUT2D eigenvalue weighted by Crippen LogP contribution is -2.42. The number of carbonyl (C=O) groups excluding carboxylic acids is 2. The standard InChI is InChI=1S/C19H27N3O3/c23-18(7-6-16-4-2-1-3-5-16)20-17-14-19(24)22(15-17)9-8-21-10-12-25-13-11-21/h1-5,17H,6-15H2,(H,20,23)/t17-/m0/s1. The molecule has 0 aromatic heterocycles. The van der Waals surface area contributed by atoms with Crippen LogP contribution in [-0.4, -0.2) is 73.6 Å². The maximum Gasteiger partial charge on any atom is 0.224 e. The van der Waals surface area contributed by atoms with Gasteiger partial charge >= 0.3 is 0 Å². The molecule has 0 spiro atoms. The monoisotopic (exact) mass is 345 g/mol. The fourth-order valence-electron chi connectivity index (χ4n) is 3.37. The number of ether oxygens (including phenoxy) is 1. The van der Waals surface area contributed by atoms with Crippen molar-refractivity contribution in [1.82, 2.24) is 15.1 Å². The van der Waals surface area contributed by atoms with Crippen LogP contribution in [0.1, 0.15) is 18.4 Å². The Labute approximate surface area is 149 Å². The number of rotatable bonds is 7. The van der Waals surface area contributed by atoms with Gasteiger partial charge in [-0.2, -0.15) is 0 Å². The molecule has 2 amide bonds. The van der Waals surface area contributed by atoms with Crippen molar-refractivity contribution in [1.29, 1.82) is 0 Å². The Hall–Kier alpha value is -1.92. The molecular formula is C19H27N3O3. The molecule has 0 bridgehead atoms. The van der Waals surface area contributed by atoms with Gasteiger partial charge in [0, 0.05) is 45.6 Å². The van der Waals surface area contributed by atoms with Gasteiger partial charge in [0.1, 0.15) is 0 Å². The van der Waals surface area contributed by atoms with Crippen molar-refractivity contribution in [2.24, 2.45) is 0 Å². The summed E-state index contributed by atoms with van der Waals surface area (Å²) in [6.45, 7) is 5.64. The lowest BCUT2D eigenvalue weighted by atomic mass is 10.1. The van der Waals surface area contributed by atoms with E-state index in [4.69, 9.17) is 4.74 Å². The van der Waals surface area contributed by atoms with Crippen molar-refractivity contribution in [3.63, 3.8) is 0 Å². The van der Waals surface area contributed by atoms with Crippen LogP contribution in [0.5, 0.6) is 0 Å². The molecule has 1 aromatic rings. The third-order valence-electron chi connectivity index (χ3n) is 4.85.